The Hall–Kier alpha value is -3.03. The van der Waals surface area contributed by atoms with Crippen LogP contribution in [0.3, 0.4) is 0 Å². The summed E-state index contributed by atoms with van der Waals surface area (Å²) >= 11 is 0. The number of nitrogens with one attached hydrogen (secondary N) is 3. The van der Waals surface area contributed by atoms with Crippen LogP contribution in [0.25, 0.3) is 12.2 Å². The third-order valence-electron chi connectivity index (χ3n) is 4.21. The first-order valence-corrected chi connectivity index (χ1v) is 9.00. The van der Waals surface area contributed by atoms with Crippen LogP contribution in [0.2, 0.25) is 0 Å². The van der Waals surface area contributed by atoms with Gasteiger partial charge in [0.25, 0.3) is 0 Å². The van der Waals surface area contributed by atoms with E-state index in [0.717, 1.165) is 35.9 Å². The predicted molar refractivity (Wildman–Crippen MR) is 106 cm³/mol. The molecule has 138 valence electrons. The maximum Gasteiger partial charge on any atom is 0.154 e. The SMILES string of the molecule is Cc1cc(Nc2cc(C3CNCCO3)nc(C=Cc3ccccc3)n2)n[nH]1. The molecule has 1 saturated heterocycles. The summed E-state index contributed by atoms with van der Waals surface area (Å²) in [5, 5.41) is 13.7. The van der Waals surface area contributed by atoms with Gasteiger partial charge in [-0.05, 0) is 18.6 Å². The van der Waals surface area contributed by atoms with Gasteiger partial charge in [0.1, 0.15) is 11.9 Å². The summed E-state index contributed by atoms with van der Waals surface area (Å²) in [6.45, 7) is 4.23. The molecule has 1 aliphatic heterocycles. The number of morpholine rings is 1. The van der Waals surface area contributed by atoms with Crippen molar-refractivity contribution in [2.45, 2.75) is 13.0 Å². The van der Waals surface area contributed by atoms with E-state index in [9.17, 15) is 0 Å². The fraction of sp³-hybridized carbons (Fsp3) is 0.250. The van der Waals surface area contributed by atoms with Crippen LogP contribution < -0.4 is 10.6 Å². The minimum atomic E-state index is -0.0907. The highest BCUT2D eigenvalue weighted by atomic mass is 16.5. The summed E-state index contributed by atoms with van der Waals surface area (Å²) < 4.78 is 5.86. The Bertz CT molecular complexity index is 915. The minimum Gasteiger partial charge on any atom is -0.369 e. The molecule has 4 rings (SSSR count). The second-order valence-corrected chi connectivity index (χ2v) is 6.41. The molecule has 7 heteroatoms. The van der Waals surface area contributed by atoms with Gasteiger partial charge in [-0.1, -0.05) is 36.4 Å². The number of hydrogen-bond donors (Lipinski definition) is 3. The van der Waals surface area contributed by atoms with Crippen molar-refractivity contribution in [3.63, 3.8) is 0 Å². The second-order valence-electron chi connectivity index (χ2n) is 6.41. The first-order valence-electron chi connectivity index (χ1n) is 9.00. The number of nitrogens with zero attached hydrogens (tertiary/aromatic N) is 3. The number of aromatic nitrogens is 4. The maximum absolute atomic E-state index is 5.86. The normalized spacial score (nSPS) is 17.3. The van der Waals surface area contributed by atoms with Gasteiger partial charge in [-0.2, -0.15) is 5.10 Å². The van der Waals surface area contributed by atoms with Crippen LogP contribution in [0.15, 0.2) is 42.5 Å². The van der Waals surface area contributed by atoms with E-state index in [2.05, 4.69) is 30.8 Å². The average Bonchev–Trinajstić information content (AvgIpc) is 3.12. The van der Waals surface area contributed by atoms with Crippen LogP contribution >= 0.6 is 0 Å². The molecule has 0 amide bonds. The number of aromatic amines is 1. The van der Waals surface area contributed by atoms with E-state index in [4.69, 9.17) is 4.74 Å². The summed E-state index contributed by atoms with van der Waals surface area (Å²) in [6.07, 6.45) is 3.82. The van der Waals surface area contributed by atoms with Crippen molar-refractivity contribution in [1.82, 2.24) is 25.5 Å². The molecule has 1 atom stereocenters. The Morgan fingerprint density at radius 2 is 2.00 bits per heavy atom. The molecule has 1 aliphatic rings. The Balaban J connectivity index is 1.64. The topological polar surface area (TPSA) is 87.8 Å². The molecule has 0 bridgehead atoms. The van der Waals surface area contributed by atoms with Crippen molar-refractivity contribution in [3.8, 4) is 0 Å². The van der Waals surface area contributed by atoms with Crippen LogP contribution in [-0.4, -0.2) is 39.9 Å². The number of anilines is 2. The van der Waals surface area contributed by atoms with Crippen LogP contribution in [-0.2, 0) is 4.74 Å². The van der Waals surface area contributed by atoms with Crippen LogP contribution in [0.5, 0.6) is 0 Å². The van der Waals surface area contributed by atoms with Gasteiger partial charge in [0, 0.05) is 30.9 Å². The van der Waals surface area contributed by atoms with E-state index in [1.165, 1.54) is 0 Å². The predicted octanol–water partition coefficient (Wildman–Crippen LogP) is 3.08. The van der Waals surface area contributed by atoms with Crippen molar-refractivity contribution < 1.29 is 4.74 Å². The first-order chi connectivity index (χ1) is 13.3. The van der Waals surface area contributed by atoms with Gasteiger partial charge < -0.3 is 15.4 Å². The molecule has 7 nitrogen and oxygen atoms in total. The molecule has 2 aromatic heterocycles. The molecular formula is C20H22N6O. The van der Waals surface area contributed by atoms with Crippen LogP contribution in [0.4, 0.5) is 11.6 Å². The fourth-order valence-electron chi connectivity index (χ4n) is 2.89. The Morgan fingerprint density at radius 3 is 2.74 bits per heavy atom. The average molecular weight is 362 g/mol. The molecule has 0 spiro atoms. The van der Waals surface area contributed by atoms with Gasteiger partial charge in [0.15, 0.2) is 11.6 Å². The lowest BCUT2D eigenvalue weighted by molar-refractivity contribution is 0.0249. The van der Waals surface area contributed by atoms with Crippen molar-refractivity contribution in [1.29, 1.82) is 0 Å². The van der Waals surface area contributed by atoms with E-state index >= 15 is 0 Å². The molecule has 1 aromatic carbocycles. The molecule has 27 heavy (non-hydrogen) atoms. The molecule has 0 aliphatic carbocycles. The van der Waals surface area contributed by atoms with Gasteiger partial charge in [-0.15, -0.1) is 0 Å². The number of aryl methyl sites for hydroxylation is 1. The first kappa shape index (κ1) is 17.4. The summed E-state index contributed by atoms with van der Waals surface area (Å²) in [6, 6.07) is 13.9. The Morgan fingerprint density at radius 1 is 1.11 bits per heavy atom. The zero-order valence-corrected chi connectivity index (χ0v) is 15.1. The number of H-pyrrole nitrogens is 1. The molecule has 3 heterocycles. The molecule has 3 N–H and O–H groups in total. The molecule has 1 unspecified atom stereocenters. The van der Waals surface area contributed by atoms with E-state index < -0.39 is 0 Å². The van der Waals surface area contributed by atoms with Gasteiger partial charge in [0.2, 0.25) is 0 Å². The summed E-state index contributed by atoms with van der Waals surface area (Å²) in [7, 11) is 0. The standard InChI is InChI=1S/C20H22N6O/c1-14-11-20(26-25-14)24-19-12-16(17-13-21-9-10-27-17)22-18(23-19)8-7-15-5-3-2-4-6-15/h2-8,11-12,17,21H,9-10,13H2,1H3,(H2,22,23,24,25,26). The highest BCUT2D eigenvalue weighted by Crippen LogP contribution is 2.22. The van der Waals surface area contributed by atoms with E-state index in [-0.39, 0.29) is 6.10 Å². The van der Waals surface area contributed by atoms with E-state index in [1.54, 1.807) is 0 Å². The van der Waals surface area contributed by atoms with Gasteiger partial charge in [0.05, 0.1) is 12.3 Å². The van der Waals surface area contributed by atoms with Crippen molar-refractivity contribution >= 4 is 23.8 Å². The van der Waals surface area contributed by atoms with Crippen LogP contribution in [0.1, 0.15) is 28.9 Å². The summed E-state index contributed by atoms with van der Waals surface area (Å²) in [5.74, 6) is 2.03. The quantitative estimate of drug-likeness (QED) is 0.646. The summed E-state index contributed by atoms with van der Waals surface area (Å²) in [5.41, 5.74) is 2.93. The smallest absolute Gasteiger partial charge is 0.154 e. The number of hydrogen-bond acceptors (Lipinski definition) is 6. The van der Waals surface area contributed by atoms with Crippen molar-refractivity contribution in [3.05, 3.63) is 65.2 Å². The van der Waals surface area contributed by atoms with Gasteiger partial charge >= 0.3 is 0 Å². The highest BCUT2D eigenvalue weighted by molar-refractivity contribution is 5.67. The largest absolute Gasteiger partial charge is 0.369 e. The monoisotopic (exact) mass is 362 g/mol. The second kappa shape index (κ2) is 8.11. The van der Waals surface area contributed by atoms with E-state index in [0.29, 0.717) is 18.2 Å². The number of ether oxygens (including phenoxy) is 1. The van der Waals surface area contributed by atoms with Gasteiger partial charge in [-0.25, -0.2) is 9.97 Å². The molecule has 0 saturated carbocycles. The third-order valence-corrected chi connectivity index (χ3v) is 4.21. The Labute approximate surface area is 157 Å². The molecule has 1 fully saturated rings. The van der Waals surface area contributed by atoms with Crippen molar-refractivity contribution in [2.75, 3.05) is 25.0 Å². The lowest BCUT2D eigenvalue weighted by Gasteiger charge is -2.23. The third kappa shape index (κ3) is 4.58. The number of benzene rings is 1. The molecule has 3 aromatic rings. The fourth-order valence-corrected chi connectivity index (χ4v) is 2.89. The van der Waals surface area contributed by atoms with Gasteiger partial charge in [-0.3, -0.25) is 5.10 Å². The Kier molecular flexibility index (Phi) is 5.22. The maximum atomic E-state index is 5.86. The highest BCUT2D eigenvalue weighted by Gasteiger charge is 2.19. The lowest BCUT2D eigenvalue weighted by atomic mass is 10.2. The summed E-state index contributed by atoms with van der Waals surface area (Å²) in [4.78, 5) is 9.30. The zero-order valence-electron chi connectivity index (χ0n) is 15.1. The van der Waals surface area contributed by atoms with Crippen LogP contribution in [0, 0.1) is 6.92 Å². The lowest BCUT2D eigenvalue weighted by Crippen LogP contribution is -2.33. The van der Waals surface area contributed by atoms with E-state index in [1.807, 2.05) is 61.5 Å². The number of rotatable bonds is 5. The molecular weight excluding hydrogens is 340 g/mol. The molecule has 0 radical (unpaired) electrons. The minimum absolute atomic E-state index is 0.0907. The van der Waals surface area contributed by atoms with Crippen molar-refractivity contribution in [2.24, 2.45) is 0 Å². The zero-order chi connectivity index (χ0) is 18.5.